The first-order valence-electron chi connectivity index (χ1n) is 4.11. The van der Waals surface area contributed by atoms with Crippen molar-refractivity contribution in [2.24, 2.45) is 5.92 Å². The van der Waals surface area contributed by atoms with Gasteiger partial charge in [0.25, 0.3) is 0 Å². The average molecular weight is 195 g/mol. The molecule has 0 aromatic rings. The molecule has 13 heavy (non-hydrogen) atoms. The predicted molar refractivity (Wildman–Crippen MR) is 50.6 cm³/mol. The average Bonchev–Trinajstić information content (AvgIpc) is 2.59. The van der Waals surface area contributed by atoms with Crippen molar-refractivity contribution < 1.29 is 9.59 Å². The van der Waals surface area contributed by atoms with Crippen molar-refractivity contribution in [3.05, 3.63) is 16.7 Å². The topological polar surface area (TPSA) is 37.4 Å². The van der Waals surface area contributed by atoms with Crippen LogP contribution in [-0.2, 0) is 9.59 Å². The number of allylic oxidation sites excluding steroid dienone is 1. The molecular weight excluding hydrogens is 186 g/mol. The van der Waals surface area contributed by atoms with E-state index in [1.54, 1.807) is 30.8 Å². The van der Waals surface area contributed by atoms with Gasteiger partial charge in [-0.25, -0.2) is 4.79 Å². The normalized spacial score (nSPS) is 27.0. The zero-order chi connectivity index (χ0) is 9.42. The first-order valence-corrected chi connectivity index (χ1v) is 5.09. The van der Waals surface area contributed by atoms with E-state index in [1.165, 1.54) is 4.90 Å². The molecule has 1 amide bonds. The highest BCUT2D eigenvalue weighted by Gasteiger charge is 2.35. The van der Waals surface area contributed by atoms with Gasteiger partial charge in [0.1, 0.15) is 5.70 Å². The minimum atomic E-state index is 0.00657. The van der Waals surface area contributed by atoms with E-state index in [4.69, 9.17) is 0 Å². The highest BCUT2D eigenvalue weighted by molar-refractivity contribution is 8.03. The first kappa shape index (κ1) is 8.60. The number of hydrogen-bond donors (Lipinski definition) is 0. The lowest BCUT2D eigenvalue weighted by Crippen LogP contribution is -2.34. The van der Waals surface area contributed by atoms with Gasteiger partial charge in [0.05, 0.1) is 5.92 Å². The summed E-state index contributed by atoms with van der Waals surface area (Å²) < 4.78 is 0. The molecule has 1 saturated heterocycles. The first-order chi connectivity index (χ1) is 6.24. The van der Waals surface area contributed by atoms with Crippen molar-refractivity contribution in [3.8, 4) is 0 Å². The van der Waals surface area contributed by atoms with E-state index in [2.05, 4.69) is 0 Å². The molecule has 1 unspecified atom stereocenters. The second-order valence-electron chi connectivity index (χ2n) is 3.12. The number of likely N-dealkylation sites (N-methyl/N-ethyl adjacent to an activating group) is 1. The molecule has 0 aliphatic carbocycles. The van der Waals surface area contributed by atoms with Crippen molar-refractivity contribution in [2.75, 3.05) is 12.8 Å². The van der Waals surface area contributed by atoms with Gasteiger partial charge in [-0.3, -0.25) is 4.79 Å². The standard InChI is InChI=1S/C9H9NO2S/c1-10-6(5-11)4-8-7(9(10)12)2-3-13-8/h4,7H,2-3H2,1H3. The minimum absolute atomic E-state index is 0.00657. The van der Waals surface area contributed by atoms with E-state index in [1.807, 2.05) is 0 Å². The fourth-order valence-corrected chi connectivity index (χ4v) is 2.81. The zero-order valence-electron chi connectivity index (χ0n) is 7.24. The summed E-state index contributed by atoms with van der Waals surface area (Å²) in [5, 5.41) is 0. The van der Waals surface area contributed by atoms with Gasteiger partial charge in [-0.15, -0.1) is 11.8 Å². The quantitative estimate of drug-likeness (QED) is 0.537. The van der Waals surface area contributed by atoms with Crippen molar-refractivity contribution in [1.82, 2.24) is 4.90 Å². The fraction of sp³-hybridized carbons (Fsp3) is 0.444. The van der Waals surface area contributed by atoms with Crippen molar-refractivity contribution in [3.63, 3.8) is 0 Å². The van der Waals surface area contributed by atoms with E-state index in [-0.39, 0.29) is 11.8 Å². The molecule has 1 fully saturated rings. The third kappa shape index (κ3) is 1.23. The van der Waals surface area contributed by atoms with Gasteiger partial charge in [-0.05, 0) is 18.2 Å². The molecular formula is C9H9NO2S. The molecule has 4 heteroatoms. The van der Waals surface area contributed by atoms with E-state index in [0.717, 1.165) is 17.1 Å². The van der Waals surface area contributed by atoms with E-state index < -0.39 is 0 Å². The van der Waals surface area contributed by atoms with Gasteiger partial charge in [-0.1, -0.05) is 0 Å². The van der Waals surface area contributed by atoms with Gasteiger partial charge in [0.2, 0.25) is 5.91 Å². The summed E-state index contributed by atoms with van der Waals surface area (Å²) in [4.78, 5) is 24.6. The Balaban J connectivity index is 2.45. The van der Waals surface area contributed by atoms with Crippen molar-refractivity contribution in [2.45, 2.75) is 6.42 Å². The number of carbonyl (C=O) groups is 1. The highest BCUT2D eigenvalue weighted by atomic mass is 32.2. The van der Waals surface area contributed by atoms with Gasteiger partial charge in [0, 0.05) is 12.0 Å². The van der Waals surface area contributed by atoms with E-state index in [9.17, 15) is 9.59 Å². The Morgan fingerprint density at radius 2 is 2.46 bits per heavy atom. The molecule has 0 spiro atoms. The Kier molecular flexibility index (Phi) is 2.02. The number of carbonyl (C=O) groups excluding carboxylic acids is 2. The maximum atomic E-state index is 11.6. The summed E-state index contributed by atoms with van der Waals surface area (Å²) in [6.45, 7) is 0. The fourth-order valence-electron chi connectivity index (χ4n) is 1.61. The van der Waals surface area contributed by atoms with Crippen molar-refractivity contribution in [1.29, 1.82) is 0 Å². The largest absolute Gasteiger partial charge is 0.306 e. The Morgan fingerprint density at radius 3 is 3.15 bits per heavy atom. The van der Waals surface area contributed by atoms with Gasteiger partial charge >= 0.3 is 0 Å². The summed E-state index contributed by atoms with van der Waals surface area (Å²) >= 11 is 1.67. The molecule has 3 nitrogen and oxygen atoms in total. The zero-order valence-corrected chi connectivity index (χ0v) is 8.06. The second-order valence-corrected chi connectivity index (χ2v) is 4.29. The molecule has 2 aliphatic heterocycles. The molecule has 2 rings (SSSR count). The number of hydrogen-bond acceptors (Lipinski definition) is 3. The van der Waals surface area contributed by atoms with Gasteiger partial charge in [-0.2, -0.15) is 0 Å². The Hall–Kier alpha value is -0.990. The number of nitrogens with zero attached hydrogens (tertiary/aromatic N) is 1. The van der Waals surface area contributed by atoms with Crippen LogP contribution < -0.4 is 0 Å². The summed E-state index contributed by atoms with van der Waals surface area (Å²) in [6, 6.07) is 0. The summed E-state index contributed by atoms with van der Waals surface area (Å²) in [5.41, 5.74) is 0.352. The predicted octanol–water partition coefficient (Wildman–Crippen LogP) is 0.811. The molecule has 0 aromatic carbocycles. The molecule has 0 aromatic heterocycles. The van der Waals surface area contributed by atoms with Crippen LogP contribution in [0.5, 0.6) is 0 Å². The van der Waals surface area contributed by atoms with Crippen LogP contribution in [0, 0.1) is 5.92 Å². The third-order valence-corrected chi connectivity index (χ3v) is 3.57. The van der Waals surface area contributed by atoms with Crippen LogP contribution in [0.3, 0.4) is 0 Å². The van der Waals surface area contributed by atoms with E-state index >= 15 is 0 Å². The Morgan fingerprint density at radius 1 is 1.69 bits per heavy atom. The maximum Gasteiger partial charge on any atom is 0.235 e. The summed E-state index contributed by atoms with van der Waals surface area (Å²) in [7, 11) is 1.62. The number of fused-ring (bicyclic) bond motifs is 1. The number of rotatable bonds is 0. The highest BCUT2D eigenvalue weighted by Crippen LogP contribution is 2.40. The third-order valence-electron chi connectivity index (χ3n) is 2.39. The van der Waals surface area contributed by atoms with Crippen LogP contribution >= 0.6 is 11.8 Å². The minimum Gasteiger partial charge on any atom is -0.306 e. The molecule has 2 heterocycles. The lowest BCUT2D eigenvalue weighted by Gasteiger charge is -2.25. The molecule has 1 atom stereocenters. The van der Waals surface area contributed by atoms with Gasteiger partial charge < -0.3 is 4.90 Å². The second kappa shape index (κ2) is 3.05. The molecule has 0 radical (unpaired) electrons. The lowest BCUT2D eigenvalue weighted by molar-refractivity contribution is -0.131. The molecule has 0 N–H and O–H groups in total. The Bertz CT molecular complexity index is 342. The number of thioether (sulfide) groups is 1. The summed E-state index contributed by atoms with van der Waals surface area (Å²) in [5.74, 6) is 2.79. The molecule has 68 valence electrons. The Labute approximate surface area is 80.5 Å². The van der Waals surface area contributed by atoms with Gasteiger partial charge in [0.15, 0.2) is 5.94 Å². The van der Waals surface area contributed by atoms with Crippen LogP contribution in [0.25, 0.3) is 0 Å². The van der Waals surface area contributed by atoms with E-state index in [0.29, 0.717) is 5.70 Å². The smallest absolute Gasteiger partial charge is 0.235 e. The van der Waals surface area contributed by atoms with Crippen LogP contribution in [0.1, 0.15) is 6.42 Å². The van der Waals surface area contributed by atoms with Crippen LogP contribution in [0.4, 0.5) is 0 Å². The van der Waals surface area contributed by atoms with Crippen LogP contribution in [-0.4, -0.2) is 29.5 Å². The van der Waals surface area contributed by atoms with Crippen molar-refractivity contribution >= 4 is 23.6 Å². The molecule has 0 saturated carbocycles. The molecule has 2 aliphatic rings. The molecule has 0 bridgehead atoms. The van der Waals surface area contributed by atoms with Crippen LogP contribution in [0.15, 0.2) is 16.7 Å². The maximum absolute atomic E-state index is 11.6. The van der Waals surface area contributed by atoms with Crippen LogP contribution in [0.2, 0.25) is 0 Å². The number of amides is 1. The SMILES string of the molecule is CN1C(=O)C2CCSC2=CC1=C=O. The lowest BCUT2D eigenvalue weighted by atomic mass is 10.0. The summed E-state index contributed by atoms with van der Waals surface area (Å²) in [6.07, 6.45) is 2.67. The monoisotopic (exact) mass is 195 g/mol.